The molecule has 0 radical (unpaired) electrons. The van der Waals surface area contributed by atoms with E-state index in [0.717, 1.165) is 23.3 Å². The summed E-state index contributed by atoms with van der Waals surface area (Å²) >= 11 is 1.19. The van der Waals surface area contributed by atoms with Gasteiger partial charge in [0.05, 0.1) is 11.4 Å². The van der Waals surface area contributed by atoms with E-state index in [-0.39, 0.29) is 17.7 Å². The molecule has 2 saturated carbocycles. The van der Waals surface area contributed by atoms with Crippen LogP contribution in [-0.4, -0.2) is 28.7 Å². The molecule has 3 amide bonds. The molecule has 0 saturated heterocycles. The summed E-state index contributed by atoms with van der Waals surface area (Å²) in [5.74, 6) is 2.65. The SMILES string of the molecule is Cc1nc(SCC(=O)NC(=O)NC(C)C2CC3CCC2C3)oc1C. The molecule has 7 heteroatoms. The fraction of sp³-hybridized carbons (Fsp3) is 0.706. The molecule has 2 aliphatic carbocycles. The van der Waals surface area contributed by atoms with E-state index in [1.54, 1.807) is 0 Å². The first-order valence-corrected chi connectivity index (χ1v) is 9.58. The van der Waals surface area contributed by atoms with Crippen LogP contribution in [0.15, 0.2) is 9.64 Å². The zero-order valence-electron chi connectivity index (χ0n) is 14.4. The number of oxazole rings is 1. The van der Waals surface area contributed by atoms with Gasteiger partial charge in [-0.25, -0.2) is 9.78 Å². The molecule has 1 aromatic heterocycles. The molecule has 3 rings (SSSR count). The van der Waals surface area contributed by atoms with Gasteiger partial charge < -0.3 is 9.73 Å². The van der Waals surface area contributed by atoms with Crippen LogP contribution >= 0.6 is 11.8 Å². The van der Waals surface area contributed by atoms with E-state index in [9.17, 15) is 9.59 Å². The van der Waals surface area contributed by atoms with E-state index in [1.165, 1.54) is 37.4 Å². The highest BCUT2D eigenvalue weighted by Gasteiger charge is 2.42. The second-order valence-corrected chi connectivity index (χ2v) is 7.99. The maximum atomic E-state index is 12.0. The Bertz CT molecular complexity index is 611. The standard InChI is InChI=1S/C17H25N3O3S/c1-9-11(3)23-17(19-9)24-8-15(21)20-16(22)18-10(2)14-7-12-4-5-13(14)6-12/h10,12-14H,4-8H2,1-3H3,(H2,18,20,21,22). The first-order chi connectivity index (χ1) is 11.4. The van der Waals surface area contributed by atoms with E-state index in [1.807, 2.05) is 20.8 Å². The lowest BCUT2D eigenvalue weighted by Gasteiger charge is -2.28. The predicted molar refractivity (Wildman–Crippen MR) is 91.8 cm³/mol. The second-order valence-electron chi connectivity index (χ2n) is 7.06. The summed E-state index contributed by atoms with van der Waals surface area (Å²) in [5, 5.41) is 5.78. The predicted octanol–water partition coefficient (Wildman–Crippen LogP) is 3.03. The Morgan fingerprint density at radius 2 is 2.12 bits per heavy atom. The molecule has 24 heavy (non-hydrogen) atoms. The molecule has 0 spiro atoms. The van der Waals surface area contributed by atoms with Crippen LogP contribution < -0.4 is 10.6 Å². The van der Waals surface area contributed by atoms with Crippen LogP contribution in [0.1, 0.15) is 44.1 Å². The van der Waals surface area contributed by atoms with E-state index in [0.29, 0.717) is 11.1 Å². The minimum Gasteiger partial charge on any atom is -0.437 e. The van der Waals surface area contributed by atoms with Crippen LogP contribution in [0.3, 0.4) is 0 Å². The lowest BCUT2D eigenvalue weighted by molar-refractivity contribution is -0.117. The molecular weight excluding hydrogens is 326 g/mol. The Hall–Kier alpha value is -1.50. The van der Waals surface area contributed by atoms with Crippen molar-refractivity contribution in [1.82, 2.24) is 15.6 Å². The van der Waals surface area contributed by atoms with Crippen molar-refractivity contribution in [2.24, 2.45) is 17.8 Å². The number of fused-ring (bicyclic) bond motifs is 2. The van der Waals surface area contributed by atoms with Gasteiger partial charge in [-0.3, -0.25) is 10.1 Å². The number of carbonyl (C=O) groups excluding carboxylic acids is 2. The summed E-state index contributed by atoms with van der Waals surface area (Å²) in [6.07, 6.45) is 5.14. The van der Waals surface area contributed by atoms with Gasteiger partial charge in [0.15, 0.2) is 0 Å². The number of nitrogens with zero attached hydrogens (tertiary/aromatic N) is 1. The highest BCUT2D eigenvalue weighted by atomic mass is 32.2. The van der Waals surface area contributed by atoms with E-state index >= 15 is 0 Å². The van der Waals surface area contributed by atoms with Crippen LogP contribution in [0, 0.1) is 31.6 Å². The quantitative estimate of drug-likeness (QED) is 0.797. The third-order valence-corrected chi connectivity index (χ3v) is 6.21. The molecule has 2 N–H and O–H groups in total. The number of urea groups is 1. The number of thioether (sulfide) groups is 1. The van der Waals surface area contributed by atoms with Crippen molar-refractivity contribution < 1.29 is 14.0 Å². The van der Waals surface area contributed by atoms with Crippen molar-refractivity contribution in [3.63, 3.8) is 0 Å². The molecule has 1 heterocycles. The average molecular weight is 351 g/mol. The number of aryl methyl sites for hydroxylation is 2. The van der Waals surface area contributed by atoms with Crippen LogP contribution in [-0.2, 0) is 4.79 Å². The Morgan fingerprint density at radius 1 is 1.33 bits per heavy atom. The van der Waals surface area contributed by atoms with Crippen molar-refractivity contribution in [1.29, 1.82) is 0 Å². The van der Waals surface area contributed by atoms with Crippen molar-refractivity contribution >= 4 is 23.7 Å². The average Bonchev–Trinajstić information content (AvgIpc) is 3.21. The van der Waals surface area contributed by atoms with E-state index < -0.39 is 6.03 Å². The molecule has 2 bridgehead atoms. The second kappa shape index (κ2) is 7.17. The van der Waals surface area contributed by atoms with E-state index in [2.05, 4.69) is 15.6 Å². The molecule has 0 aliphatic heterocycles. The summed E-state index contributed by atoms with van der Waals surface area (Å²) in [5.41, 5.74) is 0.815. The smallest absolute Gasteiger partial charge is 0.321 e. The van der Waals surface area contributed by atoms with Crippen molar-refractivity contribution in [2.45, 2.75) is 57.7 Å². The van der Waals surface area contributed by atoms with Gasteiger partial charge in [-0.2, -0.15) is 0 Å². The highest BCUT2D eigenvalue weighted by Crippen LogP contribution is 2.49. The molecule has 1 aromatic rings. The van der Waals surface area contributed by atoms with Crippen molar-refractivity contribution in [3.8, 4) is 0 Å². The van der Waals surface area contributed by atoms with Crippen LogP contribution in [0.5, 0.6) is 0 Å². The minimum absolute atomic E-state index is 0.106. The molecule has 0 aromatic carbocycles. The van der Waals surface area contributed by atoms with Gasteiger partial charge in [-0.05, 0) is 57.8 Å². The summed E-state index contributed by atoms with van der Waals surface area (Å²) in [6.45, 7) is 5.73. The van der Waals surface area contributed by atoms with Crippen molar-refractivity contribution in [3.05, 3.63) is 11.5 Å². The number of nitrogens with one attached hydrogen (secondary N) is 2. The zero-order chi connectivity index (χ0) is 17.3. The Kier molecular flexibility index (Phi) is 5.18. The molecule has 6 nitrogen and oxygen atoms in total. The number of rotatable bonds is 5. The summed E-state index contributed by atoms with van der Waals surface area (Å²) in [4.78, 5) is 28.1. The largest absolute Gasteiger partial charge is 0.437 e. The molecule has 4 unspecified atom stereocenters. The summed E-state index contributed by atoms with van der Waals surface area (Å²) < 4.78 is 5.40. The molecule has 2 aliphatic rings. The molecule has 4 atom stereocenters. The fourth-order valence-corrected chi connectivity index (χ4v) is 4.76. The first kappa shape index (κ1) is 17.3. The third-order valence-electron chi connectivity index (χ3n) is 5.38. The maximum absolute atomic E-state index is 12.0. The van der Waals surface area contributed by atoms with Gasteiger partial charge in [0.25, 0.3) is 5.22 Å². The molecule has 132 valence electrons. The van der Waals surface area contributed by atoms with Gasteiger partial charge in [-0.1, -0.05) is 18.2 Å². The number of hydrogen-bond acceptors (Lipinski definition) is 5. The molecular formula is C17H25N3O3S. The zero-order valence-corrected chi connectivity index (χ0v) is 15.2. The summed E-state index contributed by atoms with van der Waals surface area (Å²) in [6, 6.07) is -0.298. The van der Waals surface area contributed by atoms with Gasteiger partial charge in [0.1, 0.15) is 5.76 Å². The molecule has 2 fully saturated rings. The Morgan fingerprint density at radius 3 is 2.71 bits per heavy atom. The minimum atomic E-state index is -0.407. The normalized spacial score (nSPS) is 26.4. The Labute approximate surface area is 146 Å². The number of hydrogen-bond donors (Lipinski definition) is 2. The monoisotopic (exact) mass is 351 g/mol. The number of amides is 3. The first-order valence-electron chi connectivity index (χ1n) is 8.59. The van der Waals surface area contributed by atoms with Gasteiger partial charge >= 0.3 is 6.03 Å². The summed E-state index contributed by atoms with van der Waals surface area (Å²) in [7, 11) is 0. The van der Waals surface area contributed by atoms with Gasteiger partial charge in [0, 0.05) is 6.04 Å². The number of aromatic nitrogens is 1. The topological polar surface area (TPSA) is 84.2 Å². The lowest BCUT2D eigenvalue weighted by Crippen LogP contribution is -2.47. The van der Waals surface area contributed by atoms with E-state index in [4.69, 9.17) is 4.42 Å². The van der Waals surface area contributed by atoms with Crippen LogP contribution in [0.25, 0.3) is 0 Å². The third kappa shape index (κ3) is 3.94. The van der Waals surface area contributed by atoms with Crippen LogP contribution in [0.4, 0.5) is 4.79 Å². The fourth-order valence-electron chi connectivity index (χ4n) is 4.05. The lowest BCUT2D eigenvalue weighted by atomic mass is 9.84. The number of imide groups is 1. The van der Waals surface area contributed by atoms with Crippen molar-refractivity contribution in [2.75, 3.05) is 5.75 Å². The highest BCUT2D eigenvalue weighted by molar-refractivity contribution is 7.99. The van der Waals surface area contributed by atoms with Gasteiger partial charge in [-0.15, -0.1) is 0 Å². The van der Waals surface area contributed by atoms with Gasteiger partial charge in [0.2, 0.25) is 5.91 Å². The maximum Gasteiger partial charge on any atom is 0.321 e. The van der Waals surface area contributed by atoms with Crippen LogP contribution in [0.2, 0.25) is 0 Å². The number of carbonyl (C=O) groups is 2. The Balaban J connectivity index is 1.40.